The molecule has 2 amide bonds. The van der Waals surface area contributed by atoms with Crippen LogP contribution < -0.4 is 14.8 Å². The van der Waals surface area contributed by atoms with Gasteiger partial charge in [0.1, 0.15) is 0 Å². The lowest BCUT2D eigenvalue weighted by Crippen LogP contribution is -2.37. The molecule has 3 rings (SSSR count). The Labute approximate surface area is 182 Å². The van der Waals surface area contributed by atoms with E-state index in [2.05, 4.69) is 5.32 Å². The molecule has 1 aromatic carbocycles. The number of carbonyl (C=O) groups is 2. The second-order valence-corrected chi connectivity index (χ2v) is 9.01. The smallest absolute Gasteiger partial charge is 0.304 e. The van der Waals surface area contributed by atoms with E-state index < -0.39 is 16.1 Å². The normalized spacial score (nSPS) is 20.2. The summed E-state index contributed by atoms with van der Waals surface area (Å²) in [7, 11) is -3.75. The highest BCUT2D eigenvalue weighted by Crippen LogP contribution is 2.24. The first kappa shape index (κ1) is 22.8. The summed E-state index contributed by atoms with van der Waals surface area (Å²) >= 11 is 0. The standard InChI is InChI=1S/C21H27N3O6S/c25-18-5-1-2-6-19(18)30-14-4-3-13-22-20(26)12-9-16-7-10-17(11-8-16)24-15-21(27)23-31(24,28)29/h1-2,5-8,10,17,25H,3-4,9,11-15H2,(H,22,26)(H,23,27). The third-order valence-corrected chi connectivity index (χ3v) is 6.53. The van der Waals surface area contributed by atoms with Crippen LogP contribution in [0.2, 0.25) is 0 Å². The Balaban J connectivity index is 1.28. The number of phenolic OH excluding ortho intramolecular Hbond substituents is 1. The van der Waals surface area contributed by atoms with Gasteiger partial charge in [-0.15, -0.1) is 0 Å². The molecule has 0 spiro atoms. The third kappa shape index (κ3) is 6.56. The van der Waals surface area contributed by atoms with Gasteiger partial charge in [-0.1, -0.05) is 35.9 Å². The SMILES string of the molecule is O=C(CCC1=CCC(N2CC(=O)NS2(=O)=O)C=C1)NCCCCOc1ccccc1O. The topological polar surface area (TPSA) is 125 Å². The molecule has 10 heteroatoms. The van der Waals surface area contributed by atoms with E-state index in [9.17, 15) is 23.1 Å². The molecular weight excluding hydrogens is 422 g/mol. The second kappa shape index (κ2) is 10.5. The quantitative estimate of drug-likeness (QED) is 0.464. The van der Waals surface area contributed by atoms with E-state index in [4.69, 9.17) is 4.74 Å². The van der Waals surface area contributed by atoms with Gasteiger partial charge in [0.2, 0.25) is 11.8 Å². The predicted octanol–water partition coefficient (Wildman–Crippen LogP) is 1.38. The van der Waals surface area contributed by atoms with Crippen molar-refractivity contribution in [3.05, 3.63) is 48.1 Å². The lowest BCUT2D eigenvalue weighted by Gasteiger charge is -2.23. The number of hydrogen-bond donors (Lipinski definition) is 3. The summed E-state index contributed by atoms with van der Waals surface area (Å²) in [4.78, 5) is 23.4. The molecule has 3 N–H and O–H groups in total. The maximum absolute atomic E-state index is 12.0. The summed E-state index contributed by atoms with van der Waals surface area (Å²) in [6.45, 7) is 0.842. The average Bonchev–Trinajstić information content (AvgIpc) is 3.02. The fraction of sp³-hybridized carbons (Fsp3) is 0.429. The summed E-state index contributed by atoms with van der Waals surface area (Å²) in [5.74, 6) is -0.00670. The molecule has 1 saturated heterocycles. The van der Waals surface area contributed by atoms with Crippen LogP contribution >= 0.6 is 0 Å². The minimum Gasteiger partial charge on any atom is -0.504 e. The number of carbonyl (C=O) groups excluding carboxylic acids is 2. The van der Waals surface area contributed by atoms with Crippen molar-refractivity contribution in [3.63, 3.8) is 0 Å². The van der Waals surface area contributed by atoms with Crippen LogP contribution in [0.25, 0.3) is 0 Å². The molecule has 0 bridgehead atoms. The zero-order chi connectivity index (χ0) is 22.3. The third-order valence-electron chi connectivity index (χ3n) is 5.03. The Kier molecular flexibility index (Phi) is 7.69. The van der Waals surface area contributed by atoms with Gasteiger partial charge in [-0.25, -0.2) is 4.72 Å². The van der Waals surface area contributed by atoms with Gasteiger partial charge in [0.05, 0.1) is 13.2 Å². The fourth-order valence-electron chi connectivity index (χ4n) is 3.37. The van der Waals surface area contributed by atoms with E-state index in [1.807, 2.05) is 16.9 Å². The molecule has 0 radical (unpaired) electrons. The molecule has 1 fully saturated rings. The van der Waals surface area contributed by atoms with Crippen molar-refractivity contribution >= 4 is 22.0 Å². The molecule has 1 aliphatic heterocycles. The number of amides is 2. The van der Waals surface area contributed by atoms with Crippen molar-refractivity contribution in [1.29, 1.82) is 0 Å². The summed E-state index contributed by atoms with van der Waals surface area (Å²) in [5, 5.41) is 12.5. The van der Waals surface area contributed by atoms with Crippen molar-refractivity contribution < 1.29 is 27.9 Å². The number of hydrogen-bond acceptors (Lipinski definition) is 6. The highest BCUT2D eigenvalue weighted by Gasteiger charge is 2.38. The first-order valence-electron chi connectivity index (χ1n) is 10.2. The van der Waals surface area contributed by atoms with Crippen LogP contribution in [-0.4, -0.2) is 55.4 Å². The average molecular weight is 450 g/mol. The van der Waals surface area contributed by atoms with E-state index >= 15 is 0 Å². The van der Waals surface area contributed by atoms with Crippen LogP contribution in [0, 0.1) is 0 Å². The lowest BCUT2D eigenvalue weighted by molar-refractivity contribution is -0.121. The Bertz CT molecular complexity index is 973. The van der Waals surface area contributed by atoms with Gasteiger partial charge in [0.15, 0.2) is 11.5 Å². The first-order chi connectivity index (χ1) is 14.8. The summed E-state index contributed by atoms with van der Waals surface area (Å²) in [6, 6.07) is 6.40. The molecular formula is C21H27N3O6S. The van der Waals surface area contributed by atoms with Crippen molar-refractivity contribution in [2.75, 3.05) is 19.7 Å². The van der Waals surface area contributed by atoms with Crippen molar-refractivity contribution in [2.24, 2.45) is 0 Å². The molecule has 9 nitrogen and oxygen atoms in total. The number of phenols is 1. The van der Waals surface area contributed by atoms with Gasteiger partial charge in [-0.3, -0.25) is 9.59 Å². The fourth-order valence-corrected chi connectivity index (χ4v) is 4.64. The number of nitrogens with zero attached hydrogens (tertiary/aromatic N) is 1. The number of aromatic hydroxyl groups is 1. The van der Waals surface area contributed by atoms with E-state index in [0.717, 1.165) is 22.7 Å². The van der Waals surface area contributed by atoms with E-state index in [0.29, 0.717) is 38.2 Å². The summed E-state index contributed by atoms with van der Waals surface area (Å²) in [6.07, 6.45) is 8.38. The Morgan fingerprint density at radius 1 is 1.29 bits per heavy atom. The largest absolute Gasteiger partial charge is 0.504 e. The number of rotatable bonds is 10. The van der Waals surface area contributed by atoms with E-state index in [-0.39, 0.29) is 24.2 Å². The lowest BCUT2D eigenvalue weighted by atomic mass is 9.99. The number of unbranched alkanes of at least 4 members (excludes halogenated alkanes) is 1. The molecule has 1 atom stereocenters. The minimum atomic E-state index is -3.75. The van der Waals surface area contributed by atoms with Crippen LogP contribution in [-0.2, 0) is 19.8 Å². The van der Waals surface area contributed by atoms with Gasteiger partial charge in [-0.05, 0) is 37.8 Å². The number of ether oxygens (including phenoxy) is 1. The maximum Gasteiger partial charge on any atom is 0.304 e. The van der Waals surface area contributed by atoms with Crippen LogP contribution in [0.3, 0.4) is 0 Å². The molecule has 1 aliphatic carbocycles. The van der Waals surface area contributed by atoms with Gasteiger partial charge in [0.25, 0.3) is 0 Å². The number of para-hydroxylation sites is 2. The number of nitrogens with one attached hydrogen (secondary N) is 2. The Hall–Kier alpha value is -2.85. The van der Waals surface area contributed by atoms with E-state index in [1.54, 1.807) is 30.3 Å². The molecule has 1 aromatic rings. The highest BCUT2D eigenvalue weighted by molar-refractivity contribution is 7.88. The Morgan fingerprint density at radius 2 is 2.10 bits per heavy atom. The molecule has 31 heavy (non-hydrogen) atoms. The van der Waals surface area contributed by atoms with Crippen molar-refractivity contribution in [2.45, 2.75) is 38.1 Å². The highest BCUT2D eigenvalue weighted by atomic mass is 32.2. The predicted molar refractivity (Wildman–Crippen MR) is 114 cm³/mol. The molecule has 2 aliphatic rings. The first-order valence-corrected chi connectivity index (χ1v) is 11.7. The van der Waals surface area contributed by atoms with Gasteiger partial charge in [0, 0.05) is 19.0 Å². The van der Waals surface area contributed by atoms with Crippen LogP contribution in [0.15, 0.2) is 48.1 Å². The molecule has 0 saturated carbocycles. The van der Waals surface area contributed by atoms with Crippen LogP contribution in [0.1, 0.15) is 32.1 Å². The minimum absolute atomic E-state index is 0.0463. The second-order valence-electron chi connectivity index (χ2n) is 7.39. The molecule has 1 unspecified atom stereocenters. The maximum atomic E-state index is 12.0. The van der Waals surface area contributed by atoms with Crippen LogP contribution in [0.5, 0.6) is 11.5 Å². The molecule has 0 aromatic heterocycles. The summed E-state index contributed by atoms with van der Waals surface area (Å²) < 4.78 is 32.4. The monoisotopic (exact) mass is 449 g/mol. The zero-order valence-corrected chi connectivity index (χ0v) is 17.9. The van der Waals surface area contributed by atoms with Gasteiger partial charge < -0.3 is 15.2 Å². The van der Waals surface area contributed by atoms with E-state index in [1.165, 1.54) is 0 Å². The Morgan fingerprint density at radius 3 is 2.77 bits per heavy atom. The van der Waals surface area contributed by atoms with Gasteiger partial charge in [-0.2, -0.15) is 12.7 Å². The van der Waals surface area contributed by atoms with Crippen LogP contribution in [0.4, 0.5) is 0 Å². The molecule has 168 valence electrons. The van der Waals surface area contributed by atoms with Crippen molar-refractivity contribution in [3.8, 4) is 11.5 Å². The van der Waals surface area contributed by atoms with Crippen molar-refractivity contribution in [1.82, 2.24) is 14.3 Å². The van der Waals surface area contributed by atoms with Gasteiger partial charge >= 0.3 is 10.2 Å². The zero-order valence-electron chi connectivity index (χ0n) is 17.1. The number of benzene rings is 1. The molecule has 1 heterocycles. The number of allylic oxidation sites excluding steroid dienone is 2. The summed E-state index contributed by atoms with van der Waals surface area (Å²) in [5.41, 5.74) is 0.971.